The lowest BCUT2D eigenvalue weighted by atomic mass is 10.2. The van der Waals surface area contributed by atoms with E-state index in [1.165, 1.54) is 0 Å². The van der Waals surface area contributed by atoms with Gasteiger partial charge in [0, 0.05) is 16.3 Å². The zero-order valence-corrected chi connectivity index (χ0v) is 18.6. The molecule has 0 saturated carbocycles. The third kappa shape index (κ3) is 6.20. The van der Waals surface area contributed by atoms with Crippen molar-refractivity contribution in [3.05, 3.63) is 92.0 Å². The maximum absolute atomic E-state index is 12.0. The second-order valence-electron chi connectivity index (χ2n) is 6.21. The molecule has 0 saturated heterocycles. The average Bonchev–Trinajstić information content (AvgIpc) is 2.70. The van der Waals surface area contributed by atoms with Crippen molar-refractivity contribution in [2.75, 3.05) is 5.32 Å². The van der Waals surface area contributed by atoms with Gasteiger partial charge in [-0.05, 0) is 71.0 Å². The highest BCUT2D eigenvalue weighted by molar-refractivity contribution is 14.1. The molecule has 0 heterocycles. The minimum atomic E-state index is -0.398. The highest BCUT2D eigenvalue weighted by Gasteiger charge is 2.05. The van der Waals surface area contributed by atoms with Crippen LogP contribution in [0.4, 0.5) is 10.5 Å². The van der Waals surface area contributed by atoms with Crippen molar-refractivity contribution >= 4 is 52.1 Å². The van der Waals surface area contributed by atoms with Crippen LogP contribution in [0.3, 0.4) is 0 Å². The van der Waals surface area contributed by atoms with Crippen LogP contribution in [0.15, 0.2) is 71.8 Å². The van der Waals surface area contributed by atoms with Crippen LogP contribution < -0.4 is 15.5 Å². The van der Waals surface area contributed by atoms with Crippen LogP contribution in [0.1, 0.15) is 16.7 Å². The molecule has 7 heteroatoms. The summed E-state index contributed by atoms with van der Waals surface area (Å²) in [5.74, 6) is 0.757. The Morgan fingerprint density at radius 1 is 1.14 bits per heavy atom. The van der Waals surface area contributed by atoms with E-state index in [9.17, 15) is 4.79 Å². The fourth-order valence-electron chi connectivity index (χ4n) is 2.51. The molecule has 0 radical (unpaired) electrons. The summed E-state index contributed by atoms with van der Waals surface area (Å²) in [5, 5.41) is 7.43. The summed E-state index contributed by atoms with van der Waals surface area (Å²) in [7, 11) is 0. The molecule has 0 bridgehead atoms. The minimum Gasteiger partial charge on any atom is -0.488 e. The number of hydrogen-bond acceptors (Lipinski definition) is 3. The van der Waals surface area contributed by atoms with E-state index in [-0.39, 0.29) is 0 Å². The molecule has 3 aromatic carbocycles. The number of hydrogen-bond donors (Lipinski definition) is 2. The van der Waals surface area contributed by atoms with Gasteiger partial charge in [-0.1, -0.05) is 48.0 Å². The number of halogens is 2. The SMILES string of the molecule is Cc1ccccc1NC(=O)NN=Cc1ccc(OCc2ccccc2Cl)c(I)c1. The number of para-hydroxylation sites is 1. The summed E-state index contributed by atoms with van der Waals surface area (Å²) in [6.45, 7) is 2.32. The van der Waals surface area contributed by atoms with Gasteiger partial charge in [-0.3, -0.25) is 0 Å². The van der Waals surface area contributed by atoms with E-state index in [0.29, 0.717) is 11.6 Å². The molecule has 29 heavy (non-hydrogen) atoms. The summed E-state index contributed by atoms with van der Waals surface area (Å²) >= 11 is 8.36. The smallest absolute Gasteiger partial charge is 0.339 e. The van der Waals surface area contributed by atoms with E-state index >= 15 is 0 Å². The molecule has 0 aliphatic carbocycles. The number of urea groups is 1. The molecule has 0 atom stereocenters. The molecule has 3 aromatic rings. The molecule has 0 spiro atoms. The van der Waals surface area contributed by atoms with Crippen molar-refractivity contribution in [1.82, 2.24) is 5.43 Å². The second kappa shape index (κ2) is 10.3. The zero-order valence-electron chi connectivity index (χ0n) is 15.7. The van der Waals surface area contributed by atoms with E-state index in [2.05, 4.69) is 38.4 Å². The van der Waals surface area contributed by atoms with Crippen LogP contribution in [0, 0.1) is 10.5 Å². The molecule has 0 aromatic heterocycles. The van der Waals surface area contributed by atoms with Crippen molar-refractivity contribution in [1.29, 1.82) is 0 Å². The van der Waals surface area contributed by atoms with Gasteiger partial charge in [0.25, 0.3) is 0 Å². The van der Waals surface area contributed by atoms with Gasteiger partial charge >= 0.3 is 6.03 Å². The molecule has 0 aliphatic heterocycles. The first-order valence-electron chi connectivity index (χ1n) is 8.84. The summed E-state index contributed by atoms with van der Waals surface area (Å²) in [6.07, 6.45) is 1.58. The van der Waals surface area contributed by atoms with Crippen LogP contribution in [-0.4, -0.2) is 12.2 Å². The number of anilines is 1. The number of rotatable bonds is 6. The number of hydrazone groups is 1. The molecule has 148 valence electrons. The molecule has 0 fully saturated rings. The highest BCUT2D eigenvalue weighted by atomic mass is 127. The number of nitrogens with one attached hydrogen (secondary N) is 2. The van der Waals surface area contributed by atoms with E-state index < -0.39 is 6.03 Å². The lowest BCUT2D eigenvalue weighted by Gasteiger charge is -2.10. The predicted octanol–water partition coefficient (Wildman–Crippen LogP) is 5.99. The van der Waals surface area contributed by atoms with Crippen LogP contribution in [0.25, 0.3) is 0 Å². The lowest BCUT2D eigenvalue weighted by molar-refractivity contribution is 0.252. The van der Waals surface area contributed by atoms with Gasteiger partial charge in [0.2, 0.25) is 0 Å². The van der Waals surface area contributed by atoms with Crippen molar-refractivity contribution in [2.24, 2.45) is 5.10 Å². The maximum atomic E-state index is 12.0. The molecule has 0 unspecified atom stereocenters. The Labute approximate surface area is 188 Å². The number of ether oxygens (including phenoxy) is 1. The third-order valence-corrected chi connectivity index (χ3v) is 5.28. The summed E-state index contributed by atoms with van der Waals surface area (Å²) in [5.41, 5.74) is 5.96. The van der Waals surface area contributed by atoms with Crippen LogP contribution in [-0.2, 0) is 6.61 Å². The predicted molar refractivity (Wildman–Crippen MR) is 126 cm³/mol. The zero-order chi connectivity index (χ0) is 20.6. The molecule has 0 aliphatic rings. The highest BCUT2D eigenvalue weighted by Crippen LogP contribution is 2.24. The van der Waals surface area contributed by atoms with Gasteiger partial charge < -0.3 is 10.1 Å². The fraction of sp³-hybridized carbons (Fsp3) is 0.0909. The summed E-state index contributed by atoms with van der Waals surface area (Å²) in [6, 6.07) is 20.4. The number of amides is 2. The lowest BCUT2D eigenvalue weighted by Crippen LogP contribution is -2.24. The van der Waals surface area contributed by atoms with Crippen LogP contribution >= 0.6 is 34.2 Å². The summed E-state index contributed by atoms with van der Waals surface area (Å²) in [4.78, 5) is 12.0. The van der Waals surface area contributed by atoms with E-state index in [1.807, 2.05) is 73.7 Å². The first kappa shape index (κ1) is 21.1. The number of carbonyl (C=O) groups is 1. The van der Waals surface area contributed by atoms with Gasteiger partial charge in [0.1, 0.15) is 12.4 Å². The molecular formula is C22H19ClIN3O2. The number of aryl methyl sites for hydroxylation is 1. The van der Waals surface area contributed by atoms with Gasteiger partial charge in [-0.25, -0.2) is 10.2 Å². The Kier molecular flexibility index (Phi) is 7.48. The van der Waals surface area contributed by atoms with Gasteiger partial charge in [0.05, 0.1) is 9.78 Å². The first-order chi connectivity index (χ1) is 14.0. The minimum absolute atomic E-state index is 0.393. The van der Waals surface area contributed by atoms with E-state index in [1.54, 1.807) is 6.21 Å². The van der Waals surface area contributed by atoms with E-state index in [4.69, 9.17) is 16.3 Å². The number of nitrogens with zero attached hydrogens (tertiary/aromatic N) is 1. The Morgan fingerprint density at radius 2 is 1.90 bits per heavy atom. The Morgan fingerprint density at radius 3 is 2.66 bits per heavy atom. The van der Waals surface area contributed by atoms with Crippen molar-refractivity contribution < 1.29 is 9.53 Å². The molecule has 3 rings (SSSR count). The largest absolute Gasteiger partial charge is 0.488 e. The molecule has 5 nitrogen and oxygen atoms in total. The molecule has 2 amide bonds. The topological polar surface area (TPSA) is 62.7 Å². The van der Waals surface area contributed by atoms with Crippen LogP contribution in [0.2, 0.25) is 5.02 Å². The van der Waals surface area contributed by atoms with Gasteiger partial charge in [-0.2, -0.15) is 5.10 Å². The number of carbonyl (C=O) groups excluding carboxylic acids is 1. The van der Waals surface area contributed by atoms with Gasteiger partial charge in [0.15, 0.2) is 0 Å². The second-order valence-corrected chi connectivity index (χ2v) is 7.78. The van der Waals surface area contributed by atoms with Crippen LogP contribution in [0.5, 0.6) is 5.75 Å². The normalized spacial score (nSPS) is 10.7. The fourth-order valence-corrected chi connectivity index (χ4v) is 3.40. The maximum Gasteiger partial charge on any atom is 0.339 e. The standard InChI is InChI=1S/C22H19ClIN3O2/c1-15-6-2-5-9-20(15)26-22(28)27-25-13-16-10-11-21(19(24)12-16)29-14-17-7-3-4-8-18(17)23/h2-13H,14H2,1H3,(H2,26,27,28). The Hall–Kier alpha value is -2.58. The monoisotopic (exact) mass is 519 g/mol. The average molecular weight is 520 g/mol. The van der Waals surface area contributed by atoms with Crippen molar-refractivity contribution in [3.8, 4) is 5.75 Å². The Balaban J connectivity index is 1.55. The van der Waals surface area contributed by atoms with Crippen molar-refractivity contribution in [2.45, 2.75) is 13.5 Å². The third-order valence-electron chi connectivity index (χ3n) is 4.07. The summed E-state index contributed by atoms with van der Waals surface area (Å²) < 4.78 is 6.80. The first-order valence-corrected chi connectivity index (χ1v) is 10.3. The number of benzene rings is 3. The van der Waals surface area contributed by atoms with Gasteiger partial charge in [-0.15, -0.1) is 0 Å². The van der Waals surface area contributed by atoms with E-state index in [0.717, 1.165) is 31.7 Å². The molecule has 2 N–H and O–H groups in total. The molecular weight excluding hydrogens is 501 g/mol. The van der Waals surface area contributed by atoms with Crippen molar-refractivity contribution in [3.63, 3.8) is 0 Å². The quantitative estimate of drug-likeness (QED) is 0.239. The Bertz CT molecular complexity index is 1040.